The van der Waals surface area contributed by atoms with Crippen LogP contribution in [0.15, 0.2) is 66.9 Å². The third-order valence-corrected chi connectivity index (χ3v) is 5.40. The molecule has 1 aliphatic heterocycles. The van der Waals surface area contributed by atoms with Crippen LogP contribution in [0.2, 0.25) is 0 Å². The minimum Gasteiger partial charge on any atom is -0.378 e. The Bertz CT molecular complexity index is 1300. The first kappa shape index (κ1) is 24.1. The molecule has 0 radical (unpaired) electrons. The number of ketones is 1. The van der Waals surface area contributed by atoms with Gasteiger partial charge in [0.25, 0.3) is 0 Å². The predicted octanol–water partition coefficient (Wildman–Crippen LogP) is 3.86. The highest BCUT2D eigenvalue weighted by atomic mass is 19.4. The minimum absolute atomic E-state index is 0.0157. The number of carbonyl (C=O) groups is 3. The monoisotopic (exact) mass is 483 g/mol. The number of nitrogens with zero attached hydrogens (tertiary/aromatic N) is 2. The van der Waals surface area contributed by atoms with Crippen molar-refractivity contribution in [1.29, 1.82) is 0 Å². The molecule has 1 N–H and O–H groups in total. The number of allylic oxidation sites excluding steroid dienone is 2. The van der Waals surface area contributed by atoms with Crippen molar-refractivity contribution in [3.63, 3.8) is 0 Å². The van der Waals surface area contributed by atoms with Crippen molar-refractivity contribution in [1.82, 2.24) is 9.88 Å². The summed E-state index contributed by atoms with van der Waals surface area (Å²) in [6, 6.07) is 13.3. The van der Waals surface area contributed by atoms with E-state index in [1.54, 1.807) is 24.3 Å². The number of ether oxygens (including phenoxy) is 1. The molecule has 2 heterocycles. The van der Waals surface area contributed by atoms with Gasteiger partial charge < -0.3 is 15.0 Å². The molecule has 0 spiro atoms. The lowest BCUT2D eigenvalue weighted by Gasteiger charge is -2.26. The molecule has 1 fully saturated rings. The van der Waals surface area contributed by atoms with Gasteiger partial charge in [-0.15, -0.1) is 0 Å². The van der Waals surface area contributed by atoms with Crippen molar-refractivity contribution in [2.45, 2.75) is 6.18 Å². The van der Waals surface area contributed by atoms with E-state index in [0.717, 1.165) is 6.20 Å². The zero-order chi connectivity index (χ0) is 25.0. The summed E-state index contributed by atoms with van der Waals surface area (Å²) in [6.07, 6.45) is -3.17. The summed E-state index contributed by atoms with van der Waals surface area (Å²) in [5.41, 5.74) is -0.594. The average molecular weight is 483 g/mol. The number of anilines is 1. The Balaban J connectivity index is 1.51. The molecule has 0 aliphatic carbocycles. The van der Waals surface area contributed by atoms with Crippen molar-refractivity contribution in [3.8, 4) is 0 Å². The molecule has 0 bridgehead atoms. The standard InChI is InChI=1S/C25H20F3N3O4/c26-25(27,28)20(18-13-17-3-1-2-4-21(17)29-15-18)14-22(32)16-5-7-19(8-6-16)30-23(33)24(34)31-9-11-35-12-10-31/h1-8,13-15H,9-12H2,(H,30,33)/b20-14+. The van der Waals surface area contributed by atoms with Gasteiger partial charge in [-0.1, -0.05) is 18.2 Å². The van der Waals surface area contributed by atoms with Crippen molar-refractivity contribution in [2.24, 2.45) is 0 Å². The number of aromatic nitrogens is 1. The molecular formula is C25H20F3N3O4. The Morgan fingerprint density at radius 2 is 1.66 bits per heavy atom. The Morgan fingerprint density at radius 3 is 2.34 bits per heavy atom. The molecule has 35 heavy (non-hydrogen) atoms. The topological polar surface area (TPSA) is 88.6 Å². The lowest BCUT2D eigenvalue weighted by molar-refractivity contribution is -0.145. The van der Waals surface area contributed by atoms with Crippen LogP contribution in [-0.4, -0.2) is 60.0 Å². The van der Waals surface area contributed by atoms with Gasteiger partial charge in [-0.3, -0.25) is 19.4 Å². The molecule has 0 atom stereocenters. The molecule has 2 aromatic carbocycles. The van der Waals surface area contributed by atoms with Crippen molar-refractivity contribution < 1.29 is 32.3 Å². The number of alkyl halides is 3. The summed E-state index contributed by atoms with van der Waals surface area (Å²) in [5.74, 6) is -2.43. The summed E-state index contributed by atoms with van der Waals surface area (Å²) in [4.78, 5) is 42.4. The fraction of sp³-hybridized carbons (Fsp3) is 0.200. The number of morpholine rings is 1. The van der Waals surface area contributed by atoms with Gasteiger partial charge in [0.15, 0.2) is 5.78 Å². The Morgan fingerprint density at radius 1 is 0.971 bits per heavy atom. The van der Waals surface area contributed by atoms with Gasteiger partial charge in [0, 0.05) is 41.5 Å². The molecule has 0 unspecified atom stereocenters. The Kier molecular flexibility index (Phi) is 6.92. The van der Waals surface area contributed by atoms with Crippen LogP contribution in [-0.2, 0) is 14.3 Å². The second kappa shape index (κ2) is 10.1. The van der Waals surface area contributed by atoms with Crippen LogP contribution >= 0.6 is 0 Å². The SMILES string of the molecule is O=C(Nc1ccc(C(=O)/C=C(\c2cnc3ccccc3c2)C(F)(F)F)cc1)C(=O)N1CCOCC1. The van der Waals surface area contributed by atoms with Crippen LogP contribution in [0.5, 0.6) is 0 Å². The van der Waals surface area contributed by atoms with E-state index in [1.807, 2.05) is 0 Å². The summed E-state index contributed by atoms with van der Waals surface area (Å²) >= 11 is 0. The number of benzene rings is 2. The van der Waals surface area contributed by atoms with Crippen LogP contribution in [0.4, 0.5) is 18.9 Å². The third-order valence-electron chi connectivity index (χ3n) is 5.40. The lowest BCUT2D eigenvalue weighted by atomic mass is 10.0. The van der Waals surface area contributed by atoms with Crippen LogP contribution in [0, 0.1) is 0 Å². The molecule has 2 amide bonds. The summed E-state index contributed by atoms with van der Waals surface area (Å²) in [6.45, 7) is 1.30. The van der Waals surface area contributed by atoms with E-state index < -0.39 is 29.3 Å². The maximum atomic E-state index is 13.8. The van der Waals surface area contributed by atoms with Crippen molar-refractivity contribution in [3.05, 3.63) is 78.0 Å². The van der Waals surface area contributed by atoms with Gasteiger partial charge in [0.2, 0.25) is 0 Å². The molecule has 4 rings (SSSR count). The number of hydrogen-bond acceptors (Lipinski definition) is 5. The first-order valence-electron chi connectivity index (χ1n) is 10.7. The van der Waals surface area contributed by atoms with E-state index in [9.17, 15) is 27.6 Å². The van der Waals surface area contributed by atoms with E-state index in [0.29, 0.717) is 43.3 Å². The highest BCUT2D eigenvalue weighted by molar-refractivity contribution is 6.39. The molecule has 1 aromatic heterocycles. The van der Waals surface area contributed by atoms with Crippen molar-refractivity contribution in [2.75, 3.05) is 31.6 Å². The third kappa shape index (κ3) is 5.72. The number of fused-ring (bicyclic) bond motifs is 1. The van der Waals surface area contributed by atoms with Gasteiger partial charge in [0.1, 0.15) is 0 Å². The van der Waals surface area contributed by atoms with Gasteiger partial charge >= 0.3 is 18.0 Å². The minimum atomic E-state index is -4.78. The number of pyridine rings is 1. The fourth-order valence-electron chi connectivity index (χ4n) is 3.57. The maximum absolute atomic E-state index is 13.8. The van der Waals surface area contributed by atoms with Gasteiger partial charge in [-0.25, -0.2) is 0 Å². The number of para-hydroxylation sites is 1. The van der Waals surface area contributed by atoms with Crippen molar-refractivity contribution >= 4 is 39.8 Å². The van der Waals surface area contributed by atoms with E-state index >= 15 is 0 Å². The lowest BCUT2D eigenvalue weighted by Crippen LogP contribution is -2.45. The fourth-order valence-corrected chi connectivity index (χ4v) is 3.57. The maximum Gasteiger partial charge on any atom is 0.417 e. The second-order valence-electron chi connectivity index (χ2n) is 7.77. The Hall–Kier alpha value is -4.05. The molecule has 3 aromatic rings. The molecule has 180 valence electrons. The number of halogens is 3. The highest BCUT2D eigenvalue weighted by Crippen LogP contribution is 2.35. The quantitative estimate of drug-likeness (QED) is 0.346. The zero-order valence-electron chi connectivity index (χ0n) is 18.3. The summed E-state index contributed by atoms with van der Waals surface area (Å²) in [7, 11) is 0. The van der Waals surface area contributed by atoms with E-state index in [-0.39, 0.29) is 16.8 Å². The van der Waals surface area contributed by atoms with E-state index in [1.165, 1.54) is 35.2 Å². The first-order valence-corrected chi connectivity index (χ1v) is 10.7. The smallest absolute Gasteiger partial charge is 0.378 e. The summed E-state index contributed by atoms with van der Waals surface area (Å²) in [5, 5.41) is 2.94. The van der Waals surface area contributed by atoms with Crippen LogP contribution in [0.1, 0.15) is 15.9 Å². The molecular weight excluding hydrogens is 463 g/mol. The number of carbonyl (C=O) groups excluding carboxylic acids is 3. The Labute approximate surface area is 198 Å². The largest absolute Gasteiger partial charge is 0.417 e. The molecule has 1 aliphatic rings. The first-order chi connectivity index (χ1) is 16.7. The second-order valence-corrected chi connectivity index (χ2v) is 7.77. The predicted molar refractivity (Wildman–Crippen MR) is 123 cm³/mol. The van der Waals surface area contributed by atoms with E-state index in [2.05, 4.69) is 10.3 Å². The van der Waals surface area contributed by atoms with Gasteiger partial charge in [-0.2, -0.15) is 13.2 Å². The number of nitrogens with one attached hydrogen (secondary N) is 1. The number of amides is 2. The molecule has 7 nitrogen and oxygen atoms in total. The molecule has 0 saturated carbocycles. The zero-order valence-corrected chi connectivity index (χ0v) is 18.3. The highest BCUT2D eigenvalue weighted by Gasteiger charge is 2.35. The number of hydrogen-bond donors (Lipinski definition) is 1. The van der Waals surface area contributed by atoms with Crippen LogP contribution in [0.25, 0.3) is 16.5 Å². The van der Waals surface area contributed by atoms with Gasteiger partial charge in [-0.05, 0) is 42.5 Å². The molecule has 1 saturated heterocycles. The number of rotatable bonds is 4. The van der Waals surface area contributed by atoms with Gasteiger partial charge in [0.05, 0.1) is 24.3 Å². The van der Waals surface area contributed by atoms with E-state index in [4.69, 9.17) is 4.74 Å². The molecule has 10 heteroatoms. The van der Waals surface area contributed by atoms with Crippen LogP contribution < -0.4 is 5.32 Å². The average Bonchev–Trinajstić information content (AvgIpc) is 2.86. The van der Waals surface area contributed by atoms with Crippen LogP contribution in [0.3, 0.4) is 0 Å². The summed E-state index contributed by atoms with van der Waals surface area (Å²) < 4.78 is 46.5. The normalized spacial score (nSPS) is 14.6.